The van der Waals surface area contributed by atoms with Crippen LogP contribution < -0.4 is 5.32 Å². The Morgan fingerprint density at radius 2 is 0.680 bits per heavy atom. The molecule has 0 aromatic carbocycles. The second kappa shape index (κ2) is 41.1. The highest BCUT2D eigenvalue weighted by Crippen LogP contribution is 2.17. The average molecular weight is 710 g/mol. The first-order chi connectivity index (χ1) is 24.5. The molecular formula is C45H91NO4. The first kappa shape index (κ1) is 49.4. The van der Waals surface area contributed by atoms with Crippen LogP contribution in [-0.4, -0.2) is 46.1 Å². The molecule has 0 aliphatic carbocycles. The second-order valence-electron chi connectivity index (χ2n) is 16.0. The number of nitrogens with one attached hydrogen (secondary N) is 1. The molecule has 0 spiro atoms. The molecule has 0 aromatic rings. The van der Waals surface area contributed by atoms with Crippen LogP contribution in [-0.2, 0) is 4.79 Å². The Labute approximate surface area is 313 Å². The van der Waals surface area contributed by atoms with Crippen molar-refractivity contribution in [3.05, 3.63) is 0 Å². The summed E-state index contributed by atoms with van der Waals surface area (Å²) in [6.07, 6.45) is 46.6. The van der Waals surface area contributed by atoms with Gasteiger partial charge in [-0.2, -0.15) is 0 Å². The molecule has 1 amide bonds. The molecule has 300 valence electrons. The Morgan fingerprint density at radius 3 is 0.960 bits per heavy atom. The Hall–Kier alpha value is -0.650. The summed E-state index contributed by atoms with van der Waals surface area (Å²) in [5.74, 6) is -0.279. The molecule has 3 unspecified atom stereocenters. The van der Waals surface area contributed by atoms with E-state index in [9.17, 15) is 20.1 Å². The number of aliphatic hydroxyl groups excluding tert-OH is 3. The molecule has 0 saturated heterocycles. The van der Waals surface area contributed by atoms with Gasteiger partial charge in [-0.3, -0.25) is 4.79 Å². The Morgan fingerprint density at radius 1 is 0.420 bits per heavy atom. The van der Waals surface area contributed by atoms with Crippen molar-refractivity contribution in [2.45, 2.75) is 276 Å². The molecule has 0 aromatic heterocycles. The van der Waals surface area contributed by atoms with E-state index in [2.05, 4.69) is 19.2 Å². The van der Waals surface area contributed by atoms with E-state index in [4.69, 9.17) is 0 Å². The average Bonchev–Trinajstić information content (AvgIpc) is 3.11. The topological polar surface area (TPSA) is 89.8 Å². The van der Waals surface area contributed by atoms with E-state index in [0.29, 0.717) is 12.8 Å². The van der Waals surface area contributed by atoms with Gasteiger partial charge in [-0.05, 0) is 12.8 Å². The summed E-state index contributed by atoms with van der Waals surface area (Å²) >= 11 is 0. The van der Waals surface area contributed by atoms with Gasteiger partial charge in [0.2, 0.25) is 5.91 Å². The summed E-state index contributed by atoms with van der Waals surface area (Å²) in [4.78, 5) is 12.4. The first-order valence-corrected chi connectivity index (χ1v) is 22.8. The highest BCUT2D eigenvalue weighted by atomic mass is 16.3. The fourth-order valence-electron chi connectivity index (χ4n) is 7.41. The van der Waals surface area contributed by atoms with Gasteiger partial charge in [-0.25, -0.2) is 0 Å². The lowest BCUT2D eigenvalue weighted by Gasteiger charge is -2.23. The maximum absolute atomic E-state index is 12.4. The van der Waals surface area contributed by atoms with Crippen molar-refractivity contribution in [3.63, 3.8) is 0 Å². The van der Waals surface area contributed by atoms with Crippen molar-refractivity contribution in [3.8, 4) is 0 Å². The Bertz CT molecular complexity index is 659. The van der Waals surface area contributed by atoms with Crippen LogP contribution in [0.3, 0.4) is 0 Å². The first-order valence-electron chi connectivity index (χ1n) is 22.8. The van der Waals surface area contributed by atoms with Gasteiger partial charge >= 0.3 is 0 Å². The van der Waals surface area contributed by atoms with Gasteiger partial charge in [0.15, 0.2) is 0 Å². The third-order valence-electron chi connectivity index (χ3n) is 10.9. The second-order valence-corrected chi connectivity index (χ2v) is 16.0. The normalized spacial score (nSPS) is 13.5. The van der Waals surface area contributed by atoms with Crippen molar-refractivity contribution >= 4 is 5.91 Å². The maximum atomic E-state index is 12.4. The van der Waals surface area contributed by atoms with Crippen molar-refractivity contribution in [2.75, 3.05) is 6.61 Å². The molecule has 0 bridgehead atoms. The zero-order chi connectivity index (χ0) is 36.6. The molecule has 0 aliphatic heterocycles. The molecule has 0 aliphatic rings. The highest BCUT2D eigenvalue weighted by molar-refractivity contribution is 5.76. The summed E-state index contributed by atoms with van der Waals surface area (Å²) in [6.45, 7) is 4.26. The number of rotatable bonds is 42. The van der Waals surface area contributed by atoms with Crippen LogP contribution in [0.1, 0.15) is 258 Å². The molecule has 50 heavy (non-hydrogen) atoms. The molecular weight excluding hydrogens is 618 g/mol. The highest BCUT2D eigenvalue weighted by Gasteiger charge is 2.21. The van der Waals surface area contributed by atoms with Gasteiger partial charge in [0.25, 0.3) is 0 Å². The minimum absolute atomic E-state index is 0.0425. The molecule has 3 atom stereocenters. The van der Waals surface area contributed by atoms with Gasteiger partial charge in [0, 0.05) is 0 Å². The molecule has 0 radical (unpaired) electrons. The molecule has 5 nitrogen and oxygen atoms in total. The molecule has 4 N–H and O–H groups in total. The Kier molecular flexibility index (Phi) is 40.6. The fourth-order valence-corrected chi connectivity index (χ4v) is 7.41. The predicted octanol–water partition coefficient (Wildman–Crippen LogP) is 13.0. The lowest BCUT2D eigenvalue weighted by atomic mass is 10.0. The fraction of sp³-hybridized carbons (Fsp3) is 0.978. The van der Waals surface area contributed by atoms with Gasteiger partial charge in [0.1, 0.15) is 0 Å². The minimum Gasteiger partial charge on any atom is -0.394 e. The summed E-state index contributed by atoms with van der Waals surface area (Å²) in [5, 5.41) is 33.3. The van der Waals surface area contributed by atoms with Gasteiger partial charge in [-0.1, -0.05) is 239 Å². The van der Waals surface area contributed by atoms with E-state index in [1.54, 1.807) is 0 Å². The Balaban J connectivity index is 3.48. The SMILES string of the molecule is CCCCCCCCCCCCCCCCCCCCCCCCCCCC(O)CC(=O)NC(CO)C(O)CCCCCCCCCCCC. The zero-order valence-electron chi connectivity index (χ0n) is 34.1. The predicted molar refractivity (Wildman–Crippen MR) is 218 cm³/mol. The summed E-state index contributed by atoms with van der Waals surface area (Å²) in [6, 6.07) is -0.651. The summed E-state index contributed by atoms with van der Waals surface area (Å²) < 4.78 is 0. The van der Waals surface area contributed by atoms with Crippen LogP contribution in [0.15, 0.2) is 0 Å². The molecule has 0 heterocycles. The quantitative estimate of drug-likeness (QED) is 0.0475. The number of carbonyl (C=O) groups is 1. The number of hydrogen-bond donors (Lipinski definition) is 4. The molecule has 0 rings (SSSR count). The monoisotopic (exact) mass is 710 g/mol. The van der Waals surface area contributed by atoms with E-state index >= 15 is 0 Å². The zero-order valence-corrected chi connectivity index (χ0v) is 34.1. The summed E-state index contributed by atoms with van der Waals surface area (Å²) in [7, 11) is 0. The van der Waals surface area contributed by atoms with Crippen LogP contribution in [0.25, 0.3) is 0 Å². The van der Waals surface area contributed by atoms with Crippen LogP contribution >= 0.6 is 0 Å². The number of amides is 1. The van der Waals surface area contributed by atoms with Gasteiger partial charge in [0.05, 0.1) is 31.3 Å². The molecule has 5 heteroatoms. The van der Waals surface area contributed by atoms with Gasteiger partial charge in [-0.15, -0.1) is 0 Å². The van der Waals surface area contributed by atoms with E-state index in [-0.39, 0.29) is 18.9 Å². The van der Waals surface area contributed by atoms with Gasteiger partial charge < -0.3 is 20.6 Å². The maximum Gasteiger partial charge on any atom is 0.222 e. The third kappa shape index (κ3) is 37.1. The standard InChI is InChI=1S/C45H91NO4/c1-3-5-7-9-11-13-15-16-17-18-19-20-21-22-23-24-25-26-27-28-29-30-32-34-36-38-42(48)40-45(50)46-43(41-47)44(49)39-37-35-33-31-14-12-10-8-6-4-2/h42-44,47-49H,3-41H2,1-2H3,(H,46,50). The van der Waals surface area contributed by atoms with Crippen molar-refractivity contribution in [2.24, 2.45) is 0 Å². The largest absolute Gasteiger partial charge is 0.394 e. The van der Waals surface area contributed by atoms with E-state index in [1.807, 2.05) is 0 Å². The van der Waals surface area contributed by atoms with Crippen LogP contribution in [0, 0.1) is 0 Å². The number of aliphatic hydroxyl groups is 3. The van der Waals surface area contributed by atoms with Crippen molar-refractivity contribution in [1.29, 1.82) is 0 Å². The van der Waals surface area contributed by atoms with Crippen LogP contribution in [0.4, 0.5) is 0 Å². The number of carbonyl (C=O) groups excluding carboxylic acids is 1. The lowest BCUT2D eigenvalue weighted by Crippen LogP contribution is -2.46. The molecule has 0 saturated carbocycles. The number of unbranched alkanes of at least 4 members (excludes halogenated alkanes) is 33. The van der Waals surface area contributed by atoms with E-state index in [0.717, 1.165) is 25.7 Å². The van der Waals surface area contributed by atoms with Crippen molar-refractivity contribution in [1.82, 2.24) is 5.32 Å². The third-order valence-corrected chi connectivity index (χ3v) is 10.9. The smallest absolute Gasteiger partial charge is 0.222 e. The lowest BCUT2D eigenvalue weighted by molar-refractivity contribution is -0.125. The summed E-state index contributed by atoms with van der Waals surface area (Å²) in [5.41, 5.74) is 0. The molecule has 0 fully saturated rings. The van der Waals surface area contributed by atoms with E-state index < -0.39 is 18.2 Å². The van der Waals surface area contributed by atoms with E-state index in [1.165, 1.54) is 199 Å². The van der Waals surface area contributed by atoms with Crippen LogP contribution in [0.2, 0.25) is 0 Å². The van der Waals surface area contributed by atoms with Crippen LogP contribution in [0.5, 0.6) is 0 Å². The minimum atomic E-state index is -0.742. The number of hydrogen-bond acceptors (Lipinski definition) is 4. The van der Waals surface area contributed by atoms with Crippen molar-refractivity contribution < 1.29 is 20.1 Å².